The van der Waals surface area contributed by atoms with Gasteiger partial charge in [0.05, 0.1) is 11.7 Å². The van der Waals surface area contributed by atoms with E-state index >= 15 is 0 Å². The number of aromatic nitrogens is 2. The molecule has 1 atom stereocenters. The van der Waals surface area contributed by atoms with Crippen LogP contribution in [0, 0.1) is 0 Å². The lowest BCUT2D eigenvalue weighted by Crippen LogP contribution is -2.17. The van der Waals surface area contributed by atoms with Gasteiger partial charge in [0.1, 0.15) is 0 Å². The fourth-order valence-electron chi connectivity index (χ4n) is 2.95. The molecule has 3 heteroatoms. The van der Waals surface area contributed by atoms with Gasteiger partial charge in [-0.05, 0) is 37.7 Å². The topological polar surface area (TPSA) is 43.8 Å². The molecule has 0 aromatic carbocycles. The zero-order valence-electron chi connectivity index (χ0n) is 9.15. The van der Waals surface area contributed by atoms with Crippen molar-refractivity contribution in [3.8, 4) is 0 Å². The molecule has 1 saturated carbocycles. The third-order valence-electron chi connectivity index (χ3n) is 3.85. The van der Waals surface area contributed by atoms with Gasteiger partial charge in [-0.3, -0.25) is 4.68 Å². The molecule has 3 rings (SSSR count). The maximum absolute atomic E-state index is 6.08. The largest absolute Gasteiger partial charge is 0.323 e. The van der Waals surface area contributed by atoms with Crippen LogP contribution in [0.15, 0.2) is 6.20 Å². The number of rotatable bonds is 1. The highest BCUT2D eigenvalue weighted by Gasteiger charge is 2.24. The van der Waals surface area contributed by atoms with Crippen LogP contribution in [0.2, 0.25) is 0 Å². The molecule has 1 aromatic heterocycles. The highest BCUT2D eigenvalue weighted by Crippen LogP contribution is 2.32. The summed E-state index contributed by atoms with van der Waals surface area (Å²) in [6, 6.07) is 0.846. The Hall–Kier alpha value is -0.830. The summed E-state index contributed by atoms with van der Waals surface area (Å²) in [7, 11) is 0. The Balaban J connectivity index is 1.90. The fraction of sp³-hybridized carbons (Fsp3) is 0.750. The molecule has 15 heavy (non-hydrogen) atoms. The third-order valence-corrected chi connectivity index (χ3v) is 3.85. The second-order valence-corrected chi connectivity index (χ2v) is 4.96. The molecule has 1 heterocycles. The van der Waals surface area contributed by atoms with Gasteiger partial charge in [0, 0.05) is 12.2 Å². The second-order valence-electron chi connectivity index (χ2n) is 4.96. The summed E-state index contributed by atoms with van der Waals surface area (Å²) in [5.41, 5.74) is 8.66. The van der Waals surface area contributed by atoms with E-state index in [0.29, 0.717) is 6.04 Å². The maximum Gasteiger partial charge on any atom is 0.0823 e. The Morgan fingerprint density at radius 2 is 2.00 bits per heavy atom. The summed E-state index contributed by atoms with van der Waals surface area (Å²) in [6.45, 7) is 0. The minimum absolute atomic E-state index is 0.191. The highest BCUT2D eigenvalue weighted by atomic mass is 15.3. The average Bonchev–Trinajstić information content (AvgIpc) is 2.86. The SMILES string of the molecule is N[C@@H]1CCCc2cn(C3CCCC3)nc21. The predicted molar refractivity (Wildman–Crippen MR) is 59.6 cm³/mol. The fourth-order valence-corrected chi connectivity index (χ4v) is 2.95. The molecule has 3 nitrogen and oxygen atoms in total. The van der Waals surface area contributed by atoms with Gasteiger partial charge in [-0.25, -0.2) is 0 Å². The van der Waals surface area contributed by atoms with Crippen LogP contribution in [-0.2, 0) is 6.42 Å². The number of aryl methyl sites for hydroxylation is 1. The zero-order chi connectivity index (χ0) is 10.3. The lowest BCUT2D eigenvalue weighted by molar-refractivity contribution is 0.456. The molecule has 0 bridgehead atoms. The van der Waals surface area contributed by atoms with E-state index in [2.05, 4.69) is 10.9 Å². The molecule has 0 spiro atoms. The average molecular weight is 205 g/mol. The van der Waals surface area contributed by atoms with Gasteiger partial charge in [-0.15, -0.1) is 0 Å². The molecule has 2 aliphatic rings. The molecule has 2 N–H and O–H groups in total. The van der Waals surface area contributed by atoms with Gasteiger partial charge in [0.2, 0.25) is 0 Å². The number of hydrogen-bond donors (Lipinski definition) is 1. The number of nitrogens with two attached hydrogens (primary N) is 1. The Morgan fingerprint density at radius 1 is 1.20 bits per heavy atom. The van der Waals surface area contributed by atoms with Crippen molar-refractivity contribution in [1.29, 1.82) is 0 Å². The van der Waals surface area contributed by atoms with E-state index in [0.717, 1.165) is 6.42 Å². The summed E-state index contributed by atoms with van der Waals surface area (Å²) < 4.78 is 2.20. The third kappa shape index (κ3) is 1.59. The molecule has 0 aliphatic heterocycles. The van der Waals surface area contributed by atoms with Crippen LogP contribution in [0.1, 0.15) is 61.9 Å². The first-order chi connectivity index (χ1) is 7.34. The minimum atomic E-state index is 0.191. The number of fused-ring (bicyclic) bond motifs is 1. The zero-order valence-corrected chi connectivity index (χ0v) is 9.15. The molecule has 0 amide bonds. The van der Waals surface area contributed by atoms with Crippen LogP contribution in [-0.4, -0.2) is 9.78 Å². The molecule has 0 radical (unpaired) electrons. The van der Waals surface area contributed by atoms with Gasteiger partial charge in [-0.1, -0.05) is 12.8 Å². The predicted octanol–water partition coefficient (Wildman–Crippen LogP) is 2.33. The Bertz CT molecular complexity index is 350. The van der Waals surface area contributed by atoms with Crippen molar-refractivity contribution in [3.63, 3.8) is 0 Å². The van der Waals surface area contributed by atoms with E-state index in [9.17, 15) is 0 Å². The summed E-state index contributed by atoms with van der Waals surface area (Å²) in [6.07, 6.45) is 11.1. The Morgan fingerprint density at radius 3 is 2.73 bits per heavy atom. The molecule has 0 saturated heterocycles. The lowest BCUT2D eigenvalue weighted by Gasteiger charge is -2.15. The first-order valence-corrected chi connectivity index (χ1v) is 6.18. The highest BCUT2D eigenvalue weighted by molar-refractivity contribution is 5.23. The molecule has 0 unspecified atom stereocenters. The normalized spacial score (nSPS) is 26.9. The number of hydrogen-bond acceptors (Lipinski definition) is 2. The van der Waals surface area contributed by atoms with Crippen molar-refractivity contribution >= 4 is 0 Å². The van der Waals surface area contributed by atoms with Gasteiger partial charge in [0.15, 0.2) is 0 Å². The van der Waals surface area contributed by atoms with Gasteiger partial charge >= 0.3 is 0 Å². The van der Waals surface area contributed by atoms with Crippen molar-refractivity contribution in [2.75, 3.05) is 0 Å². The van der Waals surface area contributed by atoms with Crippen molar-refractivity contribution < 1.29 is 0 Å². The van der Waals surface area contributed by atoms with Crippen LogP contribution in [0.5, 0.6) is 0 Å². The molecule has 1 fully saturated rings. The van der Waals surface area contributed by atoms with Crippen LogP contribution >= 0.6 is 0 Å². The van der Waals surface area contributed by atoms with Crippen LogP contribution < -0.4 is 5.73 Å². The van der Waals surface area contributed by atoms with Gasteiger partial charge in [-0.2, -0.15) is 5.10 Å². The van der Waals surface area contributed by atoms with Crippen LogP contribution in [0.3, 0.4) is 0 Å². The maximum atomic E-state index is 6.08. The Labute approximate surface area is 90.7 Å². The molecular formula is C12H19N3. The van der Waals surface area contributed by atoms with E-state index < -0.39 is 0 Å². The second kappa shape index (κ2) is 3.63. The van der Waals surface area contributed by atoms with E-state index in [4.69, 9.17) is 10.8 Å². The standard InChI is InChI=1S/C12H19N3/c13-11-7-3-4-9-8-15(14-12(9)11)10-5-1-2-6-10/h8,10-11H,1-7,13H2/t11-/m1/s1. The Kier molecular flexibility index (Phi) is 2.28. The first kappa shape index (κ1) is 9.40. The molecule has 82 valence electrons. The monoisotopic (exact) mass is 205 g/mol. The molecular weight excluding hydrogens is 186 g/mol. The van der Waals surface area contributed by atoms with Crippen LogP contribution in [0.25, 0.3) is 0 Å². The lowest BCUT2D eigenvalue weighted by atomic mass is 9.95. The smallest absolute Gasteiger partial charge is 0.0823 e. The molecule has 2 aliphatic carbocycles. The summed E-state index contributed by atoms with van der Waals surface area (Å²) in [4.78, 5) is 0. The molecule has 1 aromatic rings. The van der Waals surface area contributed by atoms with Gasteiger partial charge < -0.3 is 5.73 Å². The van der Waals surface area contributed by atoms with Crippen LogP contribution in [0.4, 0.5) is 0 Å². The van der Waals surface area contributed by atoms with Gasteiger partial charge in [0.25, 0.3) is 0 Å². The van der Waals surface area contributed by atoms with E-state index in [-0.39, 0.29) is 6.04 Å². The van der Waals surface area contributed by atoms with Crippen molar-refractivity contribution in [3.05, 3.63) is 17.5 Å². The number of nitrogens with zero attached hydrogens (tertiary/aromatic N) is 2. The van der Waals surface area contributed by atoms with E-state index in [1.54, 1.807) is 0 Å². The van der Waals surface area contributed by atoms with Crippen molar-refractivity contribution in [1.82, 2.24) is 9.78 Å². The van der Waals surface area contributed by atoms with Crippen molar-refractivity contribution in [2.24, 2.45) is 5.73 Å². The summed E-state index contributed by atoms with van der Waals surface area (Å²) in [5.74, 6) is 0. The summed E-state index contributed by atoms with van der Waals surface area (Å²) >= 11 is 0. The van der Waals surface area contributed by atoms with E-state index in [1.807, 2.05) is 0 Å². The minimum Gasteiger partial charge on any atom is -0.323 e. The first-order valence-electron chi connectivity index (χ1n) is 6.18. The quantitative estimate of drug-likeness (QED) is 0.764. The van der Waals surface area contributed by atoms with E-state index in [1.165, 1.54) is 49.8 Å². The van der Waals surface area contributed by atoms with Crippen molar-refractivity contribution in [2.45, 2.75) is 57.0 Å². The summed E-state index contributed by atoms with van der Waals surface area (Å²) in [5, 5.41) is 4.71.